The smallest absolute Gasteiger partial charge is 0.234 e. The maximum Gasteiger partial charge on any atom is 0.234 e. The van der Waals surface area contributed by atoms with E-state index in [2.05, 4.69) is 17.4 Å². The van der Waals surface area contributed by atoms with Gasteiger partial charge in [-0.1, -0.05) is 12.1 Å². The van der Waals surface area contributed by atoms with Gasteiger partial charge < -0.3 is 10.1 Å². The summed E-state index contributed by atoms with van der Waals surface area (Å²) in [5.74, 6) is 1.44. The van der Waals surface area contributed by atoms with Crippen molar-refractivity contribution in [1.29, 1.82) is 0 Å². The summed E-state index contributed by atoms with van der Waals surface area (Å²) in [6.07, 6.45) is 0.175. The van der Waals surface area contributed by atoms with E-state index in [0.717, 1.165) is 11.4 Å². The Hall–Kier alpha value is -1.46. The van der Waals surface area contributed by atoms with Crippen LogP contribution in [0.3, 0.4) is 0 Å². The third kappa shape index (κ3) is 3.24. The zero-order valence-electron chi connectivity index (χ0n) is 12.0. The molecule has 3 rings (SSSR count). The number of thioether (sulfide) groups is 1. The molecule has 3 nitrogen and oxygen atoms in total. The molecular formula is C16H17NO2S2. The van der Waals surface area contributed by atoms with E-state index in [1.165, 1.54) is 10.4 Å². The van der Waals surface area contributed by atoms with Gasteiger partial charge >= 0.3 is 0 Å². The van der Waals surface area contributed by atoms with Gasteiger partial charge in [-0.3, -0.25) is 4.79 Å². The van der Waals surface area contributed by atoms with Crippen molar-refractivity contribution in [2.75, 3.05) is 11.1 Å². The van der Waals surface area contributed by atoms with Gasteiger partial charge in [0.2, 0.25) is 5.91 Å². The number of hydrogen-bond donors (Lipinski definition) is 1. The quantitative estimate of drug-likeness (QED) is 0.916. The maximum atomic E-state index is 11.7. The first kappa shape index (κ1) is 14.5. The molecule has 21 heavy (non-hydrogen) atoms. The van der Waals surface area contributed by atoms with Gasteiger partial charge in [0.25, 0.3) is 0 Å². The molecule has 0 fully saturated rings. The summed E-state index contributed by atoms with van der Waals surface area (Å²) in [5, 5.41) is 5.19. The minimum Gasteiger partial charge on any atom is -0.491 e. The third-order valence-corrected chi connectivity index (χ3v) is 5.54. The number of rotatable bonds is 3. The lowest BCUT2D eigenvalue weighted by atomic mass is 10.1. The van der Waals surface area contributed by atoms with Crippen molar-refractivity contribution in [3.05, 3.63) is 46.2 Å². The van der Waals surface area contributed by atoms with Crippen LogP contribution in [0.2, 0.25) is 0 Å². The molecule has 0 saturated heterocycles. The van der Waals surface area contributed by atoms with Gasteiger partial charge in [0.1, 0.15) is 5.75 Å². The lowest BCUT2D eigenvalue weighted by molar-refractivity contribution is -0.113. The Morgan fingerprint density at radius 1 is 1.24 bits per heavy atom. The highest BCUT2D eigenvalue weighted by Gasteiger charge is 2.25. The van der Waals surface area contributed by atoms with Gasteiger partial charge in [0.15, 0.2) is 0 Å². The number of hydrogen-bond acceptors (Lipinski definition) is 4. The van der Waals surface area contributed by atoms with Crippen molar-refractivity contribution in [3.63, 3.8) is 0 Å². The summed E-state index contributed by atoms with van der Waals surface area (Å²) in [7, 11) is 0. The summed E-state index contributed by atoms with van der Waals surface area (Å²) in [5.41, 5.74) is 2.15. The van der Waals surface area contributed by atoms with Gasteiger partial charge in [-0.05, 0) is 43.0 Å². The Morgan fingerprint density at radius 2 is 2.00 bits per heavy atom. The van der Waals surface area contributed by atoms with Crippen LogP contribution in [0, 0.1) is 0 Å². The average molecular weight is 319 g/mol. The Morgan fingerprint density at radius 3 is 2.71 bits per heavy atom. The second-order valence-electron chi connectivity index (χ2n) is 5.17. The van der Waals surface area contributed by atoms with E-state index in [9.17, 15) is 4.79 Å². The van der Waals surface area contributed by atoms with Gasteiger partial charge in [-0.15, -0.1) is 23.1 Å². The van der Waals surface area contributed by atoms with Crippen LogP contribution in [0.25, 0.3) is 0 Å². The molecule has 5 heteroatoms. The SMILES string of the molecule is CC(C)Oc1ccc([C@@H]2SCC(=O)Nc3ccsc32)cc1. The molecule has 2 aromatic rings. The van der Waals surface area contributed by atoms with Crippen LogP contribution >= 0.6 is 23.1 Å². The molecule has 1 aliphatic rings. The maximum absolute atomic E-state index is 11.7. The first-order valence-corrected chi connectivity index (χ1v) is 8.82. The van der Waals surface area contributed by atoms with E-state index in [1.807, 2.05) is 37.4 Å². The molecule has 0 radical (unpaired) electrons. The number of carbonyl (C=O) groups excluding carboxylic acids is 1. The lowest BCUT2D eigenvalue weighted by Gasteiger charge is -2.15. The summed E-state index contributed by atoms with van der Waals surface area (Å²) in [6, 6.07) is 10.2. The van der Waals surface area contributed by atoms with Crippen LogP contribution in [0.1, 0.15) is 29.5 Å². The highest BCUT2D eigenvalue weighted by molar-refractivity contribution is 8.00. The van der Waals surface area contributed by atoms with Crippen LogP contribution in [-0.2, 0) is 4.79 Å². The van der Waals surface area contributed by atoms with Crippen LogP contribution in [-0.4, -0.2) is 17.8 Å². The fourth-order valence-electron chi connectivity index (χ4n) is 2.29. The van der Waals surface area contributed by atoms with Crippen LogP contribution in [0.4, 0.5) is 5.69 Å². The number of nitrogens with one attached hydrogen (secondary N) is 1. The number of anilines is 1. The van der Waals surface area contributed by atoms with E-state index in [4.69, 9.17) is 4.74 Å². The number of benzene rings is 1. The van der Waals surface area contributed by atoms with Crippen molar-refractivity contribution in [2.45, 2.75) is 25.2 Å². The molecule has 0 unspecified atom stereocenters. The van der Waals surface area contributed by atoms with Crippen molar-refractivity contribution in [2.24, 2.45) is 0 Å². The molecule has 0 spiro atoms. The average Bonchev–Trinajstić information content (AvgIpc) is 2.82. The van der Waals surface area contributed by atoms with E-state index >= 15 is 0 Å². The van der Waals surface area contributed by atoms with Crippen molar-refractivity contribution < 1.29 is 9.53 Å². The zero-order chi connectivity index (χ0) is 14.8. The molecule has 2 heterocycles. The van der Waals surface area contributed by atoms with Crippen molar-refractivity contribution >= 4 is 34.7 Å². The number of thiophene rings is 1. The molecule has 0 saturated carbocycles. The number of carbonyl (C=O) groups is 1. The number of ether oxygens (including phenoxy) is 1. The van der Waals surface area contributed by atoms with Gasteiger partial charge in [-0.2, -0.15) is 0 Å². The summed E-state index contributed by atoms with van der Waals surface area (Å²) >= 11 is 3.36. The first-order valence-electron chi connectivity index (χ1n) is 6.89. The minimum absolute atomic E-state index is 0.0712. The molecule has 110 valence electrons. The largest absolute Gasteiger partial charge is 0.491 e. The Labute approximate surface area is 132 Å². The topological polar surface area (TPSA) is 38.3 Å². The highest BCUT2D eigenvalue weighted by Crippen LogP contribution is 2.44. The normalized spacial score (nSPS) is 18.0. The lowest BCUT2D eigenvalue weighted by Crippen LogP contribution is -2.11. The molecule has 0 aliphatic carbocycles. The number of amides is 1. The second-order valence-corrected chi connectivity index (χ2v) is 7.21. The molecular weight excluding hydrogens is 302 g/mol. The fraction of sp³-hybridized carbons (Fsp3) is 0.312. The van der Waals surface area contributed by atoms with E-state index < -0.39 is 0 Å². The molecule has 0 bridgehead atoms. The summed E-state index contributed by atoms with van der Waals surface area (Å²) in [4.78, 5) is 13.0. The van der Waals surface area contributed by atoms with Crippen molar-refractivity contribution in [1.82, 2.24) is 0 Å². The van der Waals surface area contributed by atoms with Gasteiger partial charge in [-0.25, -0.2) is 0 Å². The second kappa shape index (κ2) is 6.12. The summed E-state index contributed by atoms with van der Waals surface area (Å²) < 4.78 is 5.68. The molecule has 1 aromatic carbocycles. The predicted octanol–water partition coefficient (Wildman–Crippen LogP) is 4.31. The fourth-order valence-corrected chi connectivity index (χ4v) is 4.53. The van der Waals surface area contributed by atoms with E-state index in [-0.39, 0.29) is 17.3 Å². The molecule has 1 aliphatic heterocycles. The predicted molar refractivity (Wildman–Crippen MR) is 89.5 cm³/mol. The first-order chi connectivity index (χ1) is 10.1. The zero-order valence-corrected chi connectivity index (χ0v) is 13.6. The summed E-state index contributed by atoms with van der Waals surface area (Å²) in [6.45, 7) is 4.04. The van der Waals surface area contributed by atoms with Crippen LogP contribution in [0.15, 0.2) is 35.7 Å². The van der Waals surface area contributed by atoms with Crippen LogP contribution in [0.5, 0.6) is 5.75 Å². The monoisotopic (exact) mass is 319 g/mol. The standard InChI is InChI=1S/C16H17NO2S2/c1-10(2)19-12-5-3-11(4-6-12)15-16-13(7-8-20-16)17-14(18)9-21-15/h3-8,10,15H,9H2,1-2H3,(H,17,18)/t15-/m0/s1. The van der Waals surface area contributed by atoms with Gasteiger partial charge in [0, 0.05) is 4.88 Å². The molecule has 1 aromatic heterocycles. The Bertz CT molecular complexity index is 634. The third-order valence-electron chi connectivity index (χ3n) is 3.14. The molecule has 1 amide bonds. The van der Waals surface area contributed by atoms with E-state index in [0.29, 0.717) is 5.75 Å². The molecule has 1 N–H and O–H groups in total. The minimum atomic E-state index is 0.0712. The van der Waals surface area contributed by atoms with Crippen LogP contribution < -0.4 is 10.1 Å². The Kier molecular flexibility index (Phi) is 4.22. The number of fused-ring (bicyclic) bond motifs is 1. The van der Waals surface area contributed by atoms with E-state index in [1.54, 1.807) is 23.1 Å². The Balaban J connectivity index is 1.88. The molecule has 1 atom stereocenters. The highest BCUT2D eigenvalue weighted by atomic mass is 32.2. The van der Waals surface area contributed by atoms with Gasteiger partial charge in [0.05, 0.1) is 22.8 Å². The van der Waals surface area contributed by atoms with Crippen molar-refractivity contribution in [3.8, 4) is 5.75 Å².